The summed E-state index contributed by atoms with van der Waals surface area (Å²) in [6.07, 6.45) is 7.48. The van der Waals surface area contributed by atoms with Gasteiger partial charge in [0.05, 0.1) is 5.25 Å². The van der Waals surface area contributed by atoms with Gasteiger partial charge < -0.3 is 4.74 Å². The van der Waals surface area contributed by atoms with E-state index in [9.17, 15) is 8.42 Å². The maximum atomic E-state index is 12.1. The molecule has 2 aliphatic rings. The minimum Gasteiger partial charge on any atom is -0.460 e. The second kappa shape index (κ2) is 5.88. The molecule has 1 aliphatic carbocycles. The van der Waals surface area contributed by atoms with Crippen LogP contribution in [0.15, 0.2) is 12.4 Å². The Kier molecular flexibility index (Phi) is 4.12. The topological polar surface area (TPSA) is 72.4 Å². The van der Waals surface area contributed by atoms with E-state index in [2.05, 4.69) is 16.9 Å². The highest BCUT2D eigenvalue weighted by molar-refractivity contribution is 7.90. The average Bonchev–Trinajstić information content (AvgIpc) is 3.34. The Morgan fingerprint density at radius 2 is 1.81 bits per heavy atom. The van der Waals surface area contributed by atoms with Crippen molar-refractivity contribution >= 4 is 10.0 Å². The summed E-state index contributed by atoms with van der Waals surface area (Å²) >= 11 is 0. The molecule has 0 atom stereocenters. The molecule has 0 aromatic carbocycles. The van der Waals surface area contributed by atoms with Crippen molar-refractivity contribution in [2.24, 2.45) is 0 Å². The molecule has 0 unspecified atom stereocenters. The van der Waals surface area contributed by atoms with Crippen LogP contribution in [0.4, 0.5) is 0 Å². The number of piperidine rings is 1. The van der Waals surface area contributed by atoms with Crippen molar-refractivity contribution in [2.45, 2.75) is 50.4 Å². The lowest BCUT2D eigenvalue weighted by molar-refractivity contribution is 0.124. The van der Waals surface area contributed by atoms with Crippen molar-refractivity contribution in [2.75, 3.05) is 13.1 Å². The van der Waals surface area contributed by atoms with Gasteiger partial charge >= 0.3 is 6.01 Å². The highest BCUT2D eigenvalue weighted by Crippen LogP contribution is 2.32. The Morgan fingerprint density at radius 3 is 2.33 bits per heavy atom. The van der Waals surface area contributed by atoms with Crippen LogP contribution in [0, 0.1) is 0 Å². The Hall–Kier alpha value is -1.21. The van der Waals surface area contributed by atoms with Crippen LogP contribution in [0.1, 0.15) is 38.2 Å². The standard InChI is InChI=1S/C14H21N3O3S/c1-2-11-9-15-14(16-10-11)20-12-5-7-17(8-6-12)21(18,19)13-3-4-13/h9-10,12-13H,2-8H2,1H3. The fourth-order valence-corrected chi connectivity index (χ4v) is 4.39. The number of aryl methyl sites for hydroxylation is 1. The lowest BCUT2D eigenvalue weighted by Crippen LogP contribution is -2.43. The van der Waals surface area contributed by atoms with Gasteiger partial charge in [-0.3, -0.25) is 0 Å². The Morgan fingerprint density at radius 1 is 1.19 bits per heavy atom. The highest BCUT2D eigenvalue weighted by atomic mass is 32.2. The van der Waals surface area contributed by atoms with Gasteiger partial charge in [0, 0.05) is 25.5 Å². The Balaban J connectivity index is 1.53. The smallest absolute Gasteiger partial charge is 0.316 e. The van der Waals surface area contributed by atoms with Crippen LogP contribution < -0.4 is 4.74 Å². The number of hydrogen-bond donors (Lipinski definition) is 0. The van der Waals surface area contributed by atoms with Crippen molar-refractivity contribution < 1.29 is 13.2 Å². The number of sulfonamides is 1. The van der Waals surface area contributed by atoms with Gasteiger partial charge in [0.15, 0.2) is 0 Å². The van der Waals surface area contributed by atoms with Gasteiger partial charge in [0.2, 0.25) is 10.0 Å². The zero-order valence-electron chi connectivity index (χ0n) is 12.2. The van der Waals surface area contributed by atoms with Crippen LogP contribution in [-0.4, -0.2) is 47.1 Å². The second-order valence-electron chi connectivity index (χ2n) is 5.69. The predicted molar refractivity (Wildman–Crippen MR) is 78.6 cm³/mol. The number of rotatable bonds is 5. The number of nitrogens with zero attached hydrogens (tertiary/aromatic N) is 3. The highest BCUT2D eigenvalue weighted by Gasteiger charge is 2.41. The van der Waals surface area contributed by atoms with E-state index in [0.29, 0.717) is 31.9 Å². The first-order valence-electron chi connectivity index (χ1n) is 7.56. The molecule has 0 spiro atoms. The van der Waals surface area contributed by atoms with Gasteiger partial charge in [-0.2, -0.15) is 0 Å². The summed E-state index contributed by atoms with van der Waals surface area (Å²) in [4.78, 5) is 8.37. The number of aromatic nitrogens is 2. The molecule has 2 fully saturated rings. The van der Waals surface area contributed by atoms with Gasteiger partial charge in [0.1, 0.15) is 6.10 Å². The lowest BCUT2D eigenvalue weighted by Gasteiger charge is -2.30. The Bertz CT molecular complexity index is 576. The zero-order chi connectivity index (χ0) is 14.9. The van der Waals surface area contributed by atoms with E-state index in [1.807, 2.05) is 0 Å². The van der Waals surface area contributed by atoms with E-state index in [-0.39, 0.29) is 11.4 Å². The SMILES string of the molecule is CCc1cnc(OC2CCN(S(=O)(=O)C3CC3)CC2)nc1. The Labute approximate surface area is 125 Å². The van der Waals surface area contributed by atoms with Crippen molar-refractivity contribution in [1.82, 2.24) is 14.3 Å². The van der Waals surface area contributed by atoms with Gasteiger partial charge in [-0.25, -0.2) is 22.7 Å². The average molecular weight is 311 g/mol. The zero-order valence-corrected chi connectivity index (χ0v) is 13.1. The molecule has 1 saturated heterocycles. The molecule has 1 saturated carbocycles. The van der Waals surface area contributed by atoms with Crippen molar-refractivity contribution in [1.29, 1.82) is 0 Å². The van der Waals surface area contributed by atoms with Gasteiger partial charge in [-0.05, 0) is 37.7 Å². The molecule has 6 nitrogen and oxygen atoms in total. The fourth-order valence-electron chi connectivity index (χ4n) is 2.52. The van der Waals surface area contributed by atoms with E-state index < -0.39 is 10.0 Å². The second-order valence-corrected chi connectivity index (χ2v) is 7.90. The number of ether oxygens (including phenoxy) is 1. The van der Waals surface area contributed by atoms with Gasteiger partial charge in [-0.1, -0.05) is 6.92 Å². The molecule has 116 valence electrons. The van der Waals surface area contributed by atoms with Crippen LogP contribution in [-0.2, 0) is 16.4 Å². The third-order valence-corrected chi connectivity index (χ3v) is 6.47. The van der Waals surface area contributed by atoms with Gasteiger partial charge in [0.25, 0.3) is 0 Å². The molecule has 1 aromatic rings. The van der Waals surface area contributed by atoms with Crippen LogP contribution in [0.5, 0.6) is 6.01 Å². The van der Waals surface area contributed by atoms with Crippen LogP contribution >= 0.6 is 0 Å². The van der Waals surface area contributed by atoms with E-state index in [1.165, 1.54) is 0 Å². The van der Waals surface area contributed by atoms with Crippen molar-refractivity contribution in [3.8, 4) is 6.01 Å². The van der Waals surface area contributed by atoms with Crippen molar-refractivity contribution in [3.63, 3.8) is 0 Å². The predicted octanol–water partition coefficient (Wildman–Crippen LogP) is 1.37. The molecule has 7 heteroatoms. The van der Waals surface area contributed by atoms with E-state index in [1.54, 1.807) is 16.7 Å². The van der Waals surface area contributed by atoms with Gasteiger partial charge in [-0.15, -0.1) is 0 Å². The first kappa shape index (κ1) is 14.7. The number of hydrogen-bond acceptors (Lipinski definition) is 5. The molecule has 3 rings (SSSR count). The van der Waals surface area contributed by atoms with E-state index in [0.717, 1.165) is 24.8 Å². The molecule has 2 heterocycles. The molecular formula is C14H21N3O3S. The molecule has 0 radical (unpaired) electrons. The molecule has 0 N–H and O–H groups in total. The van der Waals surface area contributed by atoms with E-state index in [4.69, 9.17) is 4.74 Å². The molecule has 1 aliphatic heterocycles. The maximum Gasteiger partial charge on any atom is 0.316 e. The van der Waals surface area contributed by atoms with Crippen LogP contribution in [0.3, 0.4) is 0 Å². The summed E-state index contributed by atoms with van der Waals surface area (Å²) in [7, 11) is -3.05. The van der Waals surface area contributed by atoms with Crippen LogP contribution in [0.25, 0.3) is 0 Å². The van der Waals surface area contributed by atoms with Crippen LogP contribution in [0.2, 0.25) is 0 Å². The largest absolute Gasteiger partial charge is 0.460 e. The molecule has 1 aromatic heterocycles. The molecule has 0 bridgehead atoms. The minimum atomic E-state index is -3.05. The monoisotopic (exact) mass is 311 g/mol. The normalized spacial score (nSPS) is 21.4. The first-order valence-corrected chi connectivity index (χ1v) is 9.06. The summed E-state index contributed by atoms with van der Waals surface area (Å²) < 4.78 is 31.7. The summed E-state index contributed by atoms with van der Waals surface area (Å²) in [6.45, 7) is 3.13. The summed E-state index contributed by atoms with van der Waals surface area (Å²) in [5, 5.41) is -0.125. The first-order chi connectivity index (χ1) is 10.1. The van der Waals surface area contributed by atoms with Crippen molar-refractivity contribution in [3.05, 3.63) is 18.0 Å². The summed E-state index contributed by atoms with van der Waals surface area (Å²) in [5.41, 5.74) is 1.08. The lowest BCUT2D eigenvalue weighted by atomic mass is 10.1. The third kappa shape index (κ3) is 3.35. The maximum absolute atomic E-state index is 12.1. The third-order valence-electron chi connectivity index (χ3n) is 4.07. The summed E-state index contributed by atoms with van der Waals surface area (Å²) in [6, 6.07) is 0.385. The fraction of sp³-hybridized carbons (Fsp3) is 0.714. The molecule has 21 heavy (non-hydrogen) atoms. The summed E-state index contributed by atoms with van der Waals surface area (Å²) in [5.74, 6) is 0. The minimum absolute atomic E-state index is 0.00290. The quantitative estimate of drug-likeness (QED) is 0.821. The molecule has 0 amide bonds. The van der Waals surface area contributed by atoms with E-state index >= 15 is 0 Å². The molecular weight excluding hydrogens is 290 g/mol.